The van der Waals surface area contributed by atoms with Crippen LogP contribution >= 0.6 is 0 Å². The number of piperidine rings is 1. The molecule has 2 fully saturated rings. The first kappa shape index (κ1) is 17.0. The number of rotatable bonds is 4. The number of ether oxygens (including phenoxy) is 1. The molecule has 2 saturated heterocycles. The van der Waals surface area contributed by atoms with Crippen molar-refractivity contribution in [3.05, 3.63) is 35.9 Å². The summed E-state index contributed by atoms with van der Waals surface area (Å²) in [6.07, 6.45) is 6.10. The molecule has 0 radical (unpaired) electrons. The number of nitrogens with zero attached hydrogens (tertiary/aromatic N) is 2. The Morgan fingerprint density at radius 2 is 2.00 bits per heavy atom. The van der Waals surface area contributed by atoms with Gasteiger partial charge in [-0.3, -0.25) is 14.6 Å². The van der Waals surface area contributed by atoms with E-state index >= 15 is 0 Å². The molecule has 2 aliphatic heterocycles. The highest BCUT2D eigenvalue weighted by molar-refractivity contribution is 5.87. The van der Waals surface area contributed by atoms with E-state index in [1.165, 1.54) is 0 Å². The molecule has 0 aliphatic carbocycles. The fraction of sp³-hybridized carbons (Fsp3) is 0.526. The van der Waals surface area contributed by atoms with E-state index in [1.807, 2.05) is 18.2 Å². The Morgan fingerprint density at radius 1 is 1.25 bits per heavy atom. The van der Waals surface area contributed by atoms with Crippen molar-refractivity contribution in [2.75, 3.05) is 46.9 Å². The van der Waals surface area contributed by atoms with Gasteiger partial charge in [0.25, 0.3) is 0 Å². The highest BCUT2D eigenvalue weighted by atomic mass is 16.5. The molecule has 1 spiro atoms. The predicted octanol–water partition coefficient (Wildman–Crippen LogP) is 1.60. The van der Waals surface area contributed by atoms with Gasteiger partial charge in [0, 0.05) is 38.3 Å². The molecule has 2 aliphatic rings. The van der Waals surface area contributed by atoms with Crippen LogP contribution in [0.5, 0.6) is 5.75 Å². The molecule has 0 bridgehead atoms. The van der Waals surface area contributed by atoms with Crippen LogP contribution in [0.3, 0.4) is 0 Å². The summed E-state index contributed by atoms with van der Waals surface area (Å²) in [5.41, 5.74) is 0.807. The van der Waals surface area contributed by atoms with Crippen LogP contribution < -0.4 is 10.1 Å². The quantitative estimate of drug-likeness (QED) is 0.911. The van der Waals surface area contributed by atoms with Gasteiger partial charge in [0.05, 0.1) is 7.11 Å². The van der Waals surface area contributed by atoms with Crippen molar-refractivity contribution in [3.8, 4) is 5.75 Å². The number of likely N-dealkylation sites (N-methyl/N-ethyl adjacent to an activating group) is 1. The zero-order valence-corrected chi connectivity index (χ0v) is 14.6. The average molecular weight is 329 g/mol. The second-order valence-electron chi connectivity index (χ2n) is 6.65. The normalized spacial score (nSPS) is 22.0. The lowest BCUT2D eigenvalue weighted by Gasteiger charge is -2.48. The lowest BCUT2D eigenvalue weighted by Crippen LogP contribution is -2.66. The van der Waals surface area contributed by atoms with Crippen molar-refractivity contribution in [1.29, 1.82) is 0 Å². The van der Waals surface area contributed by atoms with E-state index in [0.717, 1.165) is 56.9 Å². The Morgan fingerprint density at radius 3 is 2.71 bits per heavy atom. The number of hydrogen-bond donors (Lipinski definition) is 1. The van der Waals surface area contributed by atoms with Gasteiger partial charge in [-0.1, -0.05) is 30.4 Å². The Kier molecular flexibility index (Phi) is 5.21. The van der Waals surface area contributed by atoms with Gasteiger partial charge in [-0.05, 0) is 26.0 Å². The van der Waals surface area contributed by atoms with Crippen LogP contribution in [0.4, 0.5) is 0 Å². The van der Waals surface area contributed by atoms with Crippen molar-refractivity contribution < 1.29 is 9.53 Å². The van der Waals surface area contributed by atoms with Crippen molar-refractivity contribution in [1.82, 2.24) is 15.1 Å². The Bertz CT molecular complexity index is 606. The van der Waals surface area contributed by atoms with E-state index in [4.69, 9.17) is 4.74 Å². The maximum atomic E-state index is 12.4. The number of likely N-dealkylation sites (tertiary alicyclic amines) is 1. The lowest BCUT2D eigenvalue weighted by molar-refractivity contribution is -0.139. The van der Waals surface area contributed by atoms with E-state index in [0.29, 0.717) is 0 Å². The largest absolute Gasteiger partial charge is 0.496 e. The molecular weight excluding hydrogens is 302 g/mol. The number of carbonyl (C=O) groups excluding carboxylic acids is 1. The molecule has 24 heavy (non-hydrogen) atoms. The minimum absolute atomic E-state index is 0.209. The van der Waals surface area contributed by atoms with E-state index in [9.17, 15) is 4.79 Å². The molecular formula is C19H27N3O2. The fourth-order valence-corrected chi connectivity index (χ4v) is 3.74. The van der Waals surface area contributed by atoms with Gasteiger partial charge in [0.1, 0.15) is 11.3 Å². The first-order valence-corrected chi connectivity index (χ1v) is 8.67. The fourth-order valence-electron chi connectivity index (χ4n) is 3.74. The summed E-state index contributed by atoms with van der Waals surface area (Å²) in [7, 11) is 3.78. The maximum Gasteiger partial charge on any atom is 0.240 e. The summed E-state index contributed by atoms with van der Waals surface area (Å²) >= 11 is 0. The van der Waals surface area contributed by atoms with Crippen LogP contribution in [0.1, 0.15) is 18.4 Å². The van der Waals surface area contributed by atoms with Gasteiger partial charge in [-0.2, -0.15) is 0 Å². The number of carbonyl (C=O) groups is 1. The summed E-state index contributed by atoms with van der Waals surface area (Å²) in [6, 6.07) is 8.03. The third kappa shape index (κ3) is 3.32. The summed E-state index contributed by atoms with van der Waals surface area (Å²) in [5.74, 6) is 1.10. The van der Waals surface area contributed by atoms with E-state index in [-0.39, 0.29) is 11.4 Å². The number of methoxy groups -OCH3 is 1. The summed E-state index contributed by atoms with van der Waals surface area (Å²) in [5, 5.41) is 3.04. The third-order valence-corrected chi connectivity index (χ3v) is 5.37. The van der Waals surface area contributed by atoms with Crippen molar-refractivity contribution in [2.45, 2.75) is 18.4 Å². The molecule has 0 unspecified atom stereocenters. The Labute approximate surface area is 144 Å². The highest BCUT2D eigenvalue weighted by Crippen LogP contribution is 2.30. The summed E-state index contributed by atoms with van der Waals surface area (Å²) in [4.78, 5) is 17.0. The number of nitrogens with one attached hydrogen (secondary N) is 1. The molecule has 5 heteroatoms. The molecule has 1 aromatic carbocycles. The zero-order valence-electron chi connectivity index (χ0n) is 14.6. The summed E-state index contributed by atoms with van der Waals surface area (Å²) in [6.45, 7) is 4.52. The van der Waals surface area contributed by atoms with Gasteiger partial charge in [0.15, 0.2) is 0 Å². The monoisotopic (exact) mass is 329 g/mol. The molecule has 130 valence electrons. The number of benzene rings is 1. The minimum Gasteiger partial charge on any atom is -0.496 e. The lowest BCUT2D eigenvalue weighted by atomic mass is 9.83. The van der Waals surface area contributed by atoms with Gasteiger partial charge < -0.3 is 10.1 Å². The van der Waals surface area contributed by atoms with E-state index in [1.54, 1.807) is 7.11 Å². The smallest absolute Gasteiger partial charge is 0.240 e. The molecule has 5 nitrogen and oxygen atoms in total. The van der Waals surface area contributed by atoms with Crippen LogP contribution in [0.2, 0.25) is 0 Å². The molecule has 1 aromatic rings. The molecule has 3 rings (SSSR count). The standard InChI is InChI=1S/C19H27N3O2/c1-21-15-11-20-18(23)19(21)9-13-22(14-10-19)12-5-7-16-6-3-4-8-17(16)24-2/h3-8H,9-15H2,1-2H3,(H,20,23)/b7-5+. The summed E-state index contributed by atoms with van der Waals surface area (Å²) < 4.78 is 5.37. The second kappa shape index (κ2) is 7.36. The first-order chi connectivity index (χ1) is 11.7. The SMILES string of the molecule is COc1ccccc1/C=C/CN1CCC2(CC1)C(=O)NCCN2C. The van der Waals surface area contributed by atoms with Crippen molar-refractivity contribution in [2.24, 2.45) is 0 Å². The van der Waals surface area contributed by atoms with Crippen LogP contribution in [0, 0.1) is 0 Å². The molecule has 1 amide bonds. The molecule has 2 heterocycles. The zero-order chi connectivity index (χ0) is 17.0. The number of amides is 1. The Hall–Kier alpha value is -1.85. The number of para-hydroxylation sites is 1. The number of hydrogen-bond acceptors (Lipinski definition) is 4. The topological polar surface area (TPSA) is 44.8 Å². The van der Waals surface area contributed by atoms with E-state index < -0.39 is 0 Å². The third-order valence-electron chi connectivity index (χ3n) is 5.37. The van der Waals surface area contributed by atoms with Crippen molar-refractivity contribution in [3.63, 3.8) is 0 Å². The van der Waals surface area contributed by atoms with Gasteiger partial charge >= 0.3 is 0 Å². The van der Waals surface area contributed by atoms with Gasteiger partial charge in [-0.25, -0.2) is 0 Å². The first-order valence-electron chi connectivity index (χ1n) is 8.67. The van der Waals surface area contributed by atoms with Crippen LogP contribution in [0.25, 0.3) is 6.08 Å². The maximum absolute atomic E-state index is 12.4. The predicted molar refractivity (Wildman–Crippen MR) is 96.1 cm³/mol. The molecule has 0 atom stereocenters. The molecule has 1 N–H and O–H groups in total. The molecule has 0 saturated carbocycles. The van der Waals surface area contributed by atoms with Gasteiger partial charge in [0.2, 0.25) is 5.91 Å². The highest BCUT2D eigenvalue weighted by Gasteiger charge is 2.46. The average Bonchev–Trinajstić information content (AvgIpc) is 2.61. The van der Waals surface area contributed by atoms with Crippen molar-refractivity contribution >= 4 is 12.0 Å². The van der Waals surface area contributed by atoms with Crippen LogP contribution in [-0.4, -0.2) is 68.1 Å². The van der Waals surface area contributed by atoms with Crippen LogP contribution in [0.15, 0.2) is 30.3 Å². The van der Waals surface area contributed by atoms with E-state index in [2.05, 4.69) is 40.4 Å². The second-order valence-corrected chi connectivity index (χ2v) is 6.65. The Balaban J connectivity index is 1.56. The minimum atomic E-state index is -0.291. The van der Waals surface area contributed by atoms with Crippen LogP contribution in [-0.2, 0) is 4.79 Å². The van der Waals surface area contributed by atoms with Gasteiger partial charge in [-0.15, -0.1) is 0 Å². The number of piperazine rings is 1. The molecule has 0 aromatic heterocycles.